The van der Waals surface area contributed by atoms with Gasteiger partial charge in [-0.05, 0) is 62.3 Å². The summed E-state index contributed by atoms with van der Waals surface area (Å²) in [7, 11) is -3.62. The fourth-order valence-electron chi connectivity index (χ4n) is 4.54. The van der Waals surface area contributed by atoms with Crippen molar-refractivity contribution in [1.82, 2.24) is 14.3 Å². The Morgan fingerprint density at radius 3 is 2.50 bits per heavy atom. The quantitative estimate of drug-likeness (QED) is 0.438. The highest BCUT2D eigenvalue weighted by Crippen LogP contribution is 2.32. The van der Waals surface area contributed by atoms with Crippen molar-refractivity contribution >= 4 is 39.1 Å². The first-order valence-corrected chi connectivity index (χ1v) is 14.7. The van der Waals surface area contributed by atoms with Crippen LogP contribution in [0.2, 0.25) is 0 Å². The van der Waals surface area contributed by atoms with Crippen molar-refractivity contribution in [1.29, 1.82) is 0 Å². The van der Waals surface area contributed by atoms with Crippen LogP contribution >= 0.6 is 0 Å². The number of morpholine rings is 1. The first-order chi connectivity index (χ1) is 18.4. The molecule has 0 bridgehead atoms. The number of amides is 1. The summed E-state index contributed by atoms with van der Waals surface area (Å²) in [5, 5.41) is 15.9. The lowest BCUT2D eigenvalue weighted by Crippen LogP contribution is -2.40. The second kappa shape index (κ2) is 11.9. The number of benzene rings is 1. The van der Waals surface area contributed by atoms with E-state index in [-0.39, 0.29) is 22.4 Å². The van der Waals surface area contributed by atoms with Crippen LogP contribution in [0.5, 0.6) is 0 Å². The third-order valence-electron chi connectivity index (χ3n) is 7.06. The molecule has 2 aliphatic carbocycles. The van der Waals surface area contributed by atoms with Crippen molar-refractivity contribution in [2.75, 3.05) is 43.5 Å². The van der Waals surface area contributed by atoms with E-state index in [0.717, 1.165) is 24.6 Å². The molecule has 0 spiro atoms. The van der Waals surface area contributed by atoms with Gasteiger partial charge in [0.2, 0.25) is 16.0 Å². The van der Waals surface area contributed by atoms with Crippen molar-refractivity contribution < 1.29 is 23.1 Å². The van der Waals surface area contributed by atoms with E-state index < -0.39 is 15.9 Å². The van der Waals surface area contributed by atoms with Crippen molar-refractivity contribution in [3.8, 4) is 0 Å². The molecule has 1 aromatic heterocycles. The second-order valence-corrected chi connectivity index (χ2v) is 11.9. The summed E-state index contributed by atoms with van der Waals surface area (Å²) in [6.45, 7) is 2.14. The number of nitrogens with zero attached hydrogens (tertiary/aromatic N) is 4. The molecule has 2 aromatic rings. The van der Waals surface area contributed by atoms with Crippen LogP contribution < -0.4 is 10.6 Å². The number of hydrogen-bond acceptors (Lipinski definition) is 9. The van der Waals surface area contributed by atoms with Crippen LogP contribution in [0.3, 0.4) is 0 Å². The minimum absolute atomic E-state index is 0.161. The van der Waals surface area contributed by atoms with Gasteiger partial charge in [-0.2, -0.15) is 9.29 Å². The fraction of sp³-hybridized carbons (Fsp3) is 0.538. The minimum Gasteiger partial charge on any atom is -0.393 e. The fourth-order valence-corrected chi connectivity index (χ4v) is 5.95. The predicted molar refractivity (Wildman–Crippen MR) is 143 cm³/mol. The van der Waals surface area contributed by atoms with Gasteiger partial charge in [-0.25, -0.2) is 18.4 Å². The van der Waals surface area contributed by atoms with Gasteiger partial charge in [-0.15, -0.1) is 0 Å². The van der Waals surface area contributed by atoms with Crippen molar-refractivity contribution in [2.45, 2.75) is 55.9 Å². The molecule has 2 saturated carbocycles. The molecule has 38 heavy (non-hydrogen) atoms. The highest BCUT2D eigenvalue weighted by molar-refractivity contribution is 7.89. The molecule has 2 heterocycles. The number of nitrogens with one attached hydrogen (secondary N) is 2. The minimum atomic E-state index is -3.62. The number of aliphatic imine (C=N–C) groups is 1. The molecule has 1 aromatic carbocycles. The van der Waals surface area contributed by atoms with Gasteiger partial charge in [0.05, 0.1) is 24.2 Å². The zero-order valence-corrected chi connectivity index (χ0v) is 22.1. The predicted octanol–water partition coefficient (Wildman–Crippen LogP) is 2.97. The third-order valence-corrected chi connectivity index (χ3v) is 8.98. The molecule has 1 saturated heterocycles. The summed E-state index contributed by atoms with van der Waals surface area (Å²) in [4.78, 5) is 26.9. The van der Waals surface area contributed by atoms with E-state index in [1.165, 1.54) is 35.5 Å². The van der Waals surface area contributed by atoms with Crippen LogP contribution in [0.15, 0.2) is 40.4 Å². The Labute approximate surface area is 222 Å². The SMILES string of the molecule is O=C(Nc1ccc(S(=O)(=O)N2CCOCC2)cc1)c1cnc(NCCC2CC2)nc1N=C1CCC(O)CC1. The summed E-state index contributed by atoms with van der Waals surface area (Å²) in [6.07, 6.45) is 7.32. The number of aromatic nitrogens is 2. The molecule has 1 amide bonds. The van der Waals surface area contributed by atoms with Crippen LogP contribution in [0.4, 0.5) is 17.5 Å². The Balaban J connectivity index is 1.31. The number of sulfonamides is 1. The summed E-state index contributed by atoms with van der Waals surface area (Å²) < 4.78 is 32.4. The molecule has 12 heteroatoms. The summed E-state index contributed by atoms with van der Waals surface area (Å²) >= 11 is 0. The maximum atomic E-state index is 13.2. The highest BCUT2D eigenvalue weighted by Gasteiger charge is 2.26. The van der Waals surface area contributed by atoms with Gasteiger partial charge in [-0.1, -0.05) is 12.8 Å². The largest absolute Gasteiger partial charge is 0.393 e. The van der Waals surface area contributed by atoms with Crippen LogP contribution in [0.25, 0.3) is 0 Å². The summed E-state index contributed by atoms with van der Waals surface area (Å²) in [6, 6.07) is 6.10. The Morgan fingerprint density at radius 2 is 1.82 bits per heavy atom. The Bertz CT molecular complexity index is 1260. The standard InChI is InChI=1S/C26H34N6O5S/c33-21-7-3-19(4-8-21)29-24-23(17-28-26(31-24)27-12-11-18-1-2-18)25(34)30-20-5-9-22(10-6-20)38(35,36)32-13-15-37-16-14-32/h5-6,9-10,17-18,21,33H,1-4,7-8,11-16H2,(H,30,34)(H,27,28,31). The lowest BCUT2D eigenvalue weighted by molar-refractivity contribution is 0.0730. The average molecular weight is 543 g/mol. The van der Waals surface area contributed by atoms with Gasteiger partial charge >= 0.3 is 0 Å². The van der Waals surface area contributed by atoms with E-state index in [1.807, 2.05) is 0 Å². The van der Waals surface area contributed by atoms with E-state index in [9.17, 15) is 18.3 Å². The van der Waals surface area contributed by atoms with Crippen LogP contribution in [-0.2, 0) is 14.8 Å². The number of anilines is 2. The van der Waals surface area contributed by atoms with Crippen molar-refractivity contribution in [3.63, 3.8) is 0 Å². The van der Waals surface area contributed by atoms with Gasteiger partial charge in [-0.3, -0.25) is 4.79 Å². The van der Waals surface area contributed by atoms with Crippen LogP contribution in [-0.4, -0.2) is 78.4 Å². The third kappa shape index (κ3) is 6.73. The zero-order chi connectivity index (χ0) is 26.5. The summed E-state index contributed by atoms with van der Waals surface area (Å²) in [5.74, 6) is 1.05. The number of aliphatic hydroxyl groups excluding tert-OH is 1. The molecule has 0 unspecified atom stereocenters. The lowest BCUT2D eigenvalue weighted by Gasteiger charge is -2.26. The number of carbonyl (C=O) groups excluding carboxylic acids is 1. The average Bonchev–Trinajstić information content (AvgIpc) is 3.75. The Morgan fingerprint density at radius 1 is 1.11 bits per heavy atom. The molecule has 3 fully saturated rings. The molecule has 0 radical (unpaired) electrons. The molecule has 5 rings (SSSR count). The molecular formula is C26H34N6O5S. The van der Waals surface area contributed by atoms with Gasteiger partial charge in [0.25, 0.3) is 5.91 Å². The molecule has 3 N–H and O–H groups in total. The Hall–Kier alpha value is -2.93. The maximum absolute atomic E-state index is 13.2. The van der Waals surface area contributed by atoms with Gasteiger partial charge in [0, 0.05) is 37.2 Å². The molecule has 204 valence electrons. The maximum Gasteiger partial charge on any atom is 0.261 e. The molecular weight excluding hydrogens is 508 g/mol. The Kier molecular flexibility index (Phi) is 8.32. The number of carbonyl (C=O) groups is 1. The molecule has 0 atom stereocenters. The van der Waals surface area contributed by atoms with E-state index in [2.05, 4.69) is 25.6 Å². The smallest absolute Gasteiger partial charge is 0.261 e. The highest BCUT2D eigenvalue weighted by atomic mass is 32.2. The van der Waals surface area contributed by atoms with Gasteiger partial charge < -0.3 is 20.5 Å². The number of ether oxygens (including phenoxy) is 1. The normalized spacial score (nSPS) is 20.7. The van der Waals surface area contributed by atoms with E-state index in [1.54, 1.807) is 12.1 Å². The first-order valence-electron chi connectivity index (χ1n) is 13.2. The number of rotatable bonds is 9. The molecule has 11 nitrogen and oxygen atoms in total. The monoisotopic (exact) mass is 542 g/mol. The van der Waals surface area contributed by atoms with E-state index in [0.29, 0.717) is 63.6 Å². The van der Waals surface area contributed by atoms with E-state index >= 15 is 0 Å². The van der Waals surface area contributed by atoms with Crippen LogP contribution in [0.1, 0.15) is 55.3 Å². The number of hydrogen-bond donors (Lipinski definition) is 3. The van der Waals surface area contributed by atoms with Gasteiger partial charge in [0.15, 0.2) is 5.82 Å². The van der Waals surface area contributed by atoms with Crippen LogP contribution in [0, 0.1) is 5.92 Å². The van der Waals surface area contributed by atoms with Gasteiger partial charge in [0.1, 0.15) is 5.56 Å². The van der Waals surface area contributed by atoms with Crippen molar-refractivity contribution in [3.05, 3.63) is 36.0 Å². The summed E-state index contributed by atoms with van der Waals surface area (Å²) in [5.41, 5.74) is 1.56. The second-order valence-electron chi connectivity index (χ2n) is 9.99. The molecule has 3 aliphatic rings. The van der Waals surface area contributed by atoms with E-state index in [4.69, 9.17) is 4.74 Å². The zero-order valence-electron chi connectivity index (χ0n) is 21.3. The lowest BCUT2D eigenvalue weighted by atomic mass is 9.96. The first kappa shape index (κ1) is 26.7. The van der Waals surface area contributed by atoms with Crippen molar-refractivity contribution in [2.24, 2.45) is 10.9 Å². The topological polar surface area (TPSA) is 146 Å². The molecule has 1 aliphatic heterocycles. The number of aliphatic hydroxyl groups is 1.